The van der Waals surface area contributed by atoms with Gasteiger partial charge in [0.25, 0.3) is 0 Å². The minimum absolute atomic E-state index is 0.0322. The lowest BCUT2D eigenvalue weighted by Gasteiger charge is -2.48. The predicted octanol–water partition coefficient (Wildman–Crippen LogP) is -0.883. The minimum Gasteiger partial charge on any atom is -0.315 e. The van der Waals surface area contributed by atoms with Gasteiger partial charge in [-0.3, -0.25) is 10.6 Å². The Labute approximate surface area is 97.5 Å². The van der Waals surface area contributed by atoms with Gasteiger partial charge in [0.1, 0.15) is 5.79 Å². The number of hydrogen-bond donors (Lipinski definition) is 4. The fourth-order valence-electron chi connectivity index (χ4n) is 2.10. The molecular formula is C10H28N4Si. The Hall–Kier alpha value is 0.0569. The minimum atomic E-state index is -0.210. The summed E-state index contributed by atoms with van der Waals surface area (Å²) in [7, 11) is 0.948. The molecule has 0 aliphatic rings. The third kappa shape index (κ3) is 3.53. The van der Waals surface area contributed by atoms with E-state index in [0.717, 1.165) is 30.0 Å². The van der Waals surface area contributed by atoms with Crippen molar-refractivity contribution in [1.82, 2.24) is 20.9 Å². The van der Waals surface area contributed by atoms with Gasteiger partial charge in [-0.15, -0.1) is 0 Å². The molecule has 0 fully saturated rings. The maximum absolute atomic E-state index is 3.52. The topological polar surface area (TPSA) is 48.1 Å². The molecule has 0 aromatic rings. The molecule has 0 saturated heterocycles. The van der Waals surface area contributed by atoms with Crippen LogP contribution in [0.2, 0.25) is 0 Å². The summed E-state index contributed by atoms with van der Waals surface area (Å²) in [6, 6.07) is 0. The van der Waals surface area contributed by atoms with E-state index in [9.17, 15) is 0 Å². The first-order valence-corrected chi connectivity index (χ1v) is 6.93. The smallest absolute Gasteiger partial charge is 0.135 e. The molecule has 0 aliphatic heterocycles. The summed E-state index contributed by atoms with van der Waals surface area (Å²) < 4.78 is 0. The van der Waals surface area contributed by atoms with Gasteiger partial charge in [0.05, 0.1) is 15.9 Å². The second kappa shape index (κ2) is 6.60. The van der Waals surface area contributed by atoms with Gasteiger partial charge in [-0.25, -0.2) is 0 Å². The van der Waals surface area contributed by atoms with E-state index >= 15 is 0 Å². The van der Waals surface area contributed by atoms with Gasteiger partial charge in [-0.2, -0.15) is 0 Å². The summed E-state index contributed by atoms with van der Waals surface area (Å²) in [5.74, 6) is -0.210. The molecule has 0 spiro atoms. The Morgan fingerprint density at radius 3 is 1.53 bits per heavy atom. The molecule has 0 aromatic heterocycles. The summed E-state index contributed by atoms with van der Waals surface area (Å²) in [6.07, 6.45) is 0. The van der Waals surface area contributed by atoms with Crippen molar-refractivity contribution in [3.63, 3.8) is 0 Å². The average Bonchev–Trinajstić information content (AvgIpc) is 2.17. The molecule has 0 saturated carbocycles. The summed E-state index contributed by atoms with van der Waals surface area (Å²) in [5.41, 5.74) is -0.0322. The number of hydrogen-bond acceptors (Lipinski definition) is 4. The third-order valence-corrected chi connectivity index (χ3v) is 3.57. The van der Waals surface area contributed by atoms with Crippen LogP contribution in [-0.2, 0) is 0 Å². The monoisotopic (exact) mass is 232 g/mol. The molecule has 4 nitrogen and oxygen atoms in total. The van der Waals surface area contributed by atoms with Crippen molar-refractivity contribution in [2.75, 3.05) is 19.6 Å². The van der Waals surface area contributed by atoms with Crippen LogP contribution in [0.25, 0.3) is 0 Å². The van der Waals surface area contributed by atoms with Crippen molar-refractivity contribution < 1.29 is 0 Å². The summed E-state index contributed by atoms with van der Waals surface area (Å²) in [5, 5.41) is 10.6. The first kappa shape index (κ1) is 15.1. The summed E-state index contributed by atoms with van der Waals surface area (Å²) in [4.78, 5) is 3.50. The predicted molar refractivity (Wildman–Crippen MR) is 70.9 cm³/mol. The van der Waals surface area contributed by atoms with Crippen LogP contribution in [0.5, 0.6) is 0 Å². The Balaban J connectivity index is 4.84. The van der Waals surface area contributed by atoms with E-state index in [4.69, 9.17) is 0 Å². The van der Waals surface area contributed by atoms with Crippen molar-refractivity contribution in [2.45, 2.75) is 45.9 Å². The molecule has 15 heavy (non-hydrogen) atoms. The molecule has 0 aliphatic carbocycles. The van der Waals surface area contributed by atoms with Gasteiger partial charge in [0.2, 0.25) is 0 Å². The molecule has 5 heteroatoms. The van der Waals surface area contributed by atoms with Crippen LogP contribution in [0.3, 0.4) is 0 Å². The zero-order valence-corrected chi connectivity index (χ0v) is 13.1. The van der Waals surface area contributed by atoms with Crippen molar-refractivity contribution in [2.24, 2.45) is 0 Å². The first-order valence-electron chi connectivity index (χ1n) is 5.93. The highest BCUT2D eigenvalue weighted by Gasteiger charge is 2.41. The Morgan fingerprint density at radius 1 is 0.867 bits per heavy atom. The lowest BCUT2D eigenvalue weighted by molar-refractivity contribution is 0.110. The van der Waals surface area contributed by atoms with Crippen molar-refractivity contribution in [3.8, 4) is 0 Å². The molecular weight excluding hydrogens is 204 g/mol. The van der Waals surface area contributed by atoms with Crippen LogP contribution in [0.1, 0.15) is 34.6 Å². The molecule has 0 atom stereocenters. The molecule has 0 radical (unpaired) electrons. The number of rotatable bonds is 8. The standard InChI is InChI=1S/C10H28N4Si/c1-6-11-9(4,5)10(14-15,12-7-2)13-8-3/h11-14H,6-8H2,1-5,15H3. The van der Waals surface area contributed by atoms with E-state index in [1.807, 2.05) is 0 Å². The Bertz CT molecular complexity index is 167. The maximum atomic E-state index is 3.52. The fourth-order valence-corrected chi connectivity index (χ4v) is 3.08. The van der Waals surface area contributed by atoms with Crippen molar-refractivity contribution in [3.05, 3.63) is 0 Å². The molecule has 0 heterocycles. The van der Waals surface area contributed by atoms with E-state index in [1.165, 1.54) is 0 Å². The third-order valence-electron chi connectivity index (χ3n) is 2.82. The second-order valence-electron chi connectivity index (χ2n) is 4.22. The zero-order chi connectivity index (χ0) is 11.9. The second-order valence-corrected chi connectivity index (χ2v) is 4.72. The largest absolute Gasteiger partial charge is 0.315 e. The van der Waals surface area contributed by atoms with Crippen LogP contribution < -0.4 is 20.9 Å². The zero-order valence-electron chi connectivity index (χ0n) is 11.1. The molecule has 0 aromatic carbocycles. The normalized spacial score (nSPS) is 13.4. The Kier molecular flexibility index (Phi) is 6.62. The first-order chi connectivity index (χ1) is 6.99. The van der Waals surface area contributed by atoms with Crippen molar-refractivity contribution >= 4 is 10.4 Å². The van der Waals surface area contributed by atoms with Gasteiger partial charge in [0, 0.05) is 0 Å². The van der Waals surface area contributed by atoms with Crippen molar-refractivity contribution in [1.29, 1.82) is 0 Å². The molecule has 0 rings (SSSR count). The highest BCUT2D eigenvalue weighted by molar-refractivity contribution is 6.05. The van der Waals surface area contributed by atoms with Crippen LogP contribution in [-0.4, -0.2) is 41.4 Å². The SMILES string of the molecule is CCNC(C)(C)C(N[SiH3])(NCC)NCC. The Morgan fingerprint density at radius 2 is 1.27 bits per heavy atom. The maximum Gasteiger partial charge on any atom is 0.135 e. The summed E-state index contributed by atoms with van der Waals surface area (Å²) in [6.45, 7) is 13.7. The van der Waals surface area contributed by atoms with Gasteiger partial charge in [0.15, 0.2) is 0 Å². The lowest BCUT2D eigenvalue weighted by atomic mass is 9.94. The highest BCUT2D eigenvalue weighted by Crippen LogP contribution is 2.15. The molecule has 0 amide bonds. The van der Waals surface area contributed by atoms with E-state index in [1.54, 1.807) is 0 Å². The van der Waals surface area contributed by atoms with Gasteiger partial charge in [-0.1, -0.05) is 20.8 Å². The number of nitrogens with one attached hydrogen (secondary N) is 4. The van der Waals surface area contributed by atoms with Crippen LogP contribution in [0.15, 0.2) is 0 Å². The molecule has 4 N–H and O–H groups in total. The van der Waals surface area contributed by atoms with Gasteiger partial charge >= 0.3 is 0 Å². The van der Waals surface area contributed by atoms with E-state index < -0.39 is 0 Å². The summed E-state index contributed by atoms with van der Waals surface area (Å²) >= 11 is 0. The molecule has 92 valence electrons. The van der Waals surface area contributed by atoms with Gasteiger partial charge in [-0.05, 0) is 33.5 Å². The lowest BCUT2D eigenvalue weighted by Crippen LogP contribution is -2.79. The van der Waals surface area contributed by atoms with Crippen LogP contribution in [0, 0.1) is 0 Å². The fraction of sp³-hybridized carbons (Fsp3) is 1.00. The van der Waals surface area contributed by atoms with E-state index in [0.29, 0.717) is 0 Å². The van der Waals surface area contributed by atoms with Gasteiger partial charge < -0.3 is 10.3 Å². The molecule has 0 bridgehead atoms. The van der Waals surface area contributed by atoms with Crippen LogP contribution in [0.4, 0.5) is 0 Å². The average molecular weight is 232 g/mol. The molecule has 0 unspecified atom stereocenters. The highest BCUT2D eigenvalue weighted by atomic mass is 28.2. The van der Waals surface area contributed by atoms with E-state index in [-0.39, 0.29) is 11.3 Å². The van der Waals surface area contributed by atoms with Crippen LogP contribution >= 0.6 is 0 Å². The number of likely N-dealkylation sites (N-methyl/N-ethyl adjacent to an activating group) is 3. The van der Waals surface area contributed by atoms with E-state index in [2.05, 4.69) is 55.6 Å². The quantitative estimate of drug-likeness (QED) is 0.324.